The number of carbonyl (C=O) groups excluding carboxylic acids is 2. The van der Waals surface area contributed by atoms with E-state index in [1.54, 1.807) is 0 Å². The van der Waals surface area contributed by atoms with Gasteiger partial charge in [-0.15, -0.1) is 0 Å². The van der Waals surface area contributed by atoms with Crippen molar-refractivity contribution in [3.8, 4) is 0 Å². The topological polar surface area (TPSA) is 86.2 Å². The van der Waals surface area contributed by atoms with Gasteiger partial charge in [0.15, 0.2) is 0 Å². The van der Waals surface area contributed by atoms with Crippen LogP contribution in [-0.4, -0.2) is 11.8 Å². The van der Waals surface area contributed by atoms with Crippen molar-refractivity contribution in [1.29, 1.82) is 0 Å². The van der Waals surface area contributed by atoms with Gasteiger partial charge in [-0.25, -0.2) is 0 Å². The van der Waals surface area contributed by atoms with Gasteiger partial charge in [0.25, 0.3) is 0 Å². The van der Waals surface area contributed by atoms with Crippen LogP contribution in [0.4, 0.5) is 0 Å². The minimum Gasteiger partial charge on any atom is -0.370 e. The zero-order valence-electron chi connectivity index (χ0n) is 4.72. The molecule has 0 heterocycles. The molecule has 0 aliphatic heterocycles. The molecule has 1 radical (unpaired) electrons. The van der Waals surface area contributed by atoms with E-state index in [0.29, 0.717) is 0 Å². The zero-order valence-corrected chi connectivity index (χ0v) is 5.76. The maximum Gasteiger partial charge on any atom is 0.217 e. The number of rotatable bonds is 3. The van der Waals surface area contributed by atoms with E-state index in [0.717, 1.165) is 0 Å². The van der Waals surface area contributed by atoms with Gasteiger partial charge in [-0.3, -0.25) is 9.59 Å². The minimum absolute atomic E-state index is 0. The standard InChI is InChI=1S/C4H8N2O2.Co/c5-3(7)1-2-4(6)8;/h1-2H2,(H2,5,7)(H2,6,8);. The van der Waals surface area contributed by atoms with Crippen LogP contribution in [0, 0.1) is 0 Å². The largest absolute Gasteiger partial charge is 0.370 e. The maximum absolute atomic E-state index is 9.92. The third-order valence-corrected chi connectivity index (χ3v) is 0.618. The molecule has 0 aliphatic rings. The SMILES string of the molecule is NC(=O)CCC(N)=O.[Co]. The maximum atomic E-state index is 9.92. The van der Waals surface area contributed by atoms with Crippen LogP contribution >= 0.6 is 0 Å². The third-order valence-electron chi connectivity index (χ3n) is 0.618. The summed E-state index contributed by atoms with van der Waals surface area (Å²) in [5.41, 5.74) is 9.39. The van der Waals surface area contributed by atoms with Gasteiger partial charge in [-0.2, -0.15) is 0 Å². The molecular formula is C4H8CoN2O2. The fraction of sp³-hybridized carbons (Fsp3) is 0.500. The number of hydrogen-bond acceptors (Lipinski definition) is 2. The average molecular weight is 175 g/mol. The first-order valence-electron chi connectivity index (χ1n) is 2.19. The number of carbonyl (C=O) groups is 2. The summed E-state index contributed by atoms with van der Waals surface area (Å²) in [7, 11) is 0. The van der Waals surface area contributed by atoms with Crippen molar-refractivity contribution in [2.24, 2.45) is 11.5 Å². The third kappa shape index (κ3) is 11.2. The Labute approximate surface area is 63.2 Å². The summed E-state index contributed by atoms with van der Waals surface area (Å²) in [5, 5.41) is 0. The molecule has 0 unspecified atom stereocenters. The molecule has 0 rings (SSSR count). The molecule has 0 bridgehead atoms. The Morgan fingerprint density at radius 2 is 1.22 bits per heavy atom. The van der Waals surface area contributed by atoms with Gasteiger partial charge in [-0.05, 0) is 0 Å². The van der Waals surface area contributed by atoms with Crippen LogP contribution < -0.4 is 11.5 Å². The summed E-state index contributed by atoms with van der Waals surface area (Å²) in [4.78, 5) is 19.8. The molecule has 0 aromatic rings. The second kappa shape index (κ2) is 5.58. The fourth-order valence-electron chi connectivity index (χ4n) is 0.246. The molecule has 5 heteroatoms. The summed E-state index contributed by atoms with van der Waals surface area (Å²) in [6.07, 6.45) is 0.102. The molecule has 9 heavy (non-hydrogen) atoms. The average Bonchev–Trinajstić information content (AvgIpc) is 1.61. The van der Waals surface area contributed by atoms with Crippen molar-refractivity contribution in [1.82, 2.24) is 0 Å². The Bertz CT molecular complexity index is 101. The van der Waals surface area contributed by atoms with E-state index in [2.05, 4.69) is 0 Å². The Balaban J connectivity index is 0. The molecule has 4 nitrogen and oxygen atoms in total. The molecule has 2 amide bonds. The molecular weight excluding hydrogens is 167 g/mol. The second-order valence-corrected chi connectivity index (χ2v) is 1.43. The van der Waals surface area contributed by atoms with Crippen molar-refractivity contribution < 1.29 is 26.4 Å². The zero-order chi connectivity index (χ0) is 6.57. The van der Waals surface area contributed by atoms with Gasteiger partial charge >= 0.3 is 0 Å². The van der Waals surface area contributed by atoms with E-state index in [1.807, 2.05) is 0 Å². The van der Waals surface area contributed by atoms with Gasteiger partial charge in [0.1, 0.15) is 0 Å². The molecule has 0 saturated heterocycles. The van der Waals surface area contributed by atoms with Crippen molar-refractivity contribution >= 4 is 11.8 Å². The number of primary amides is 2. The molecule has 55 valence electrons. The molecule has 0 fully saturated rings. The summed E-state index contributed by atoms with van der Waals surface area (Å²) < 4.78 is 0. The van der Waals surface area contributed by atoms with Crippen LogP contribution in [0.25, 0.3) is 0 Å². The van der Waals surface area contributed by atoms with Gasteiger partial charge in [0, 0.05) is 29.6 Å². The number of amides is 2. The smallest absolute Gasteiger partial charge is 0.217 e. The van der Waals surface area contributed by atoms with Gasteiger partial charge in [0.05, 0.1) is 0 Å². The molecule has 0 aromatic heterocycles. The van der Waals surface area contributed by atoms with Crippen LogP contribution in [0.1, 0.15) is 12.8 Å². The molecule has 0 saturated carbocycles. The van der Waals surface area contributed by atoms with Crippen LogP contribution in [0.3, 0.4) is 0 Å². The Hall–Kier alpha value is -0.554. The summed E-state index contributed by atoms with van der Waals surface area (Å²) in [6, 6.07) is 0. The quantitative estimate of drug-likeness (QED) is 0.560. The molecule has 0 atom stereocenters. The van der Waals surface area contributed by atoms with E-state index >= 15 is 0 Å². The predicted molar refractivity (Wildman–Crippen MR) is 27.6 cm³/mol. The van der Waals surface area contributed by atoms with E-state index in [1.165, 1.54) is 0 Å². The van der Waals surface area contributed by atoms with Gasteiger partial charge in [-0.1, -0.05) is 0 Å². The second-order valence-electron chi connectivity index (χ2n) is 1.43. The van der Waals surface area contributed by atoms with Crippen LogP contribution in [0.15, 0.2) is 0 Å². The molecule has 0 aliphatic carbocycles. The van der Waals surface area contributed by atoms with E-state index in [-0.39, 0.29) is 29.6 Å². The normalized spacial score (nSPS) is 7.56. The molecule has 0 spiro atoms. The Morgan fingerprint density at radius 3 is 1.33 bits per heavy atom. The van der Waals surface area contributed by atoms with Crippen LogP contribution in [-0.2, 0) is 26.4 Å². The van der Waals surface area contributed by atoms with Gasteiger partial charge < -0.3 is 11.5 Å². The van der Waals surface area contributed by atoms with Crippen molar-refractivity contribution in [2.75, 3.05) is 0 Å². The fourth-order valence-corrected chi connectivity index (χ4v) is 0.246. The van der Waals surface area contributed by atoms with Crippen LogP contribution in [0.5, 0.6) is 0 Å². The first-order valence-corrected chi connectivity index (χ1v) is 2.19. The van der Waals surface area contributed by atoms with Gasteiger partial charge in [0.2, 0.25) is 11.8 Å². The van der Waals surface area contributed by atoms with Crippen LogP contribution in [0.2, 0.25) is 0 Å². The minimum atomic E-state index is -0.496. The Morgan fingerprint density at radius 1 is 1.00 bits per heavy atom. The first-order chi connectivity index (χ1) is 3.63. The summed E-state index contributed by atoms with van der Waals surface area (Å²) >= 11 is 0. The van der Waals surface area contributed by atoms with Crippen molar-refractivity contribution in [3.63, 3.8) is 0 Å². The first kappa shape index (κ1) is 11.3. The van der Waals surface area contributed by atoms with E-state index in [4.69, 9.17) is 11.5 Å². The monoisotopic (exact) mass is 175 g/mol. The molecule has 4 N–H and O–H groups in total. The van der Waals surface area contributed by atoms with E-state index in [9.17, 15) is 9.59 Å². The number of nitrogens with two attached hydrogens (primary N) is 2. The van der Waals surface area contributed by atoms with E-state index < -0.39 is 11.8 Å². The summed E-state index contributed by atoms with van der Waals surface area (Å²) in [6.45, 7) is 0. The summed E-state index contributed by atoms with van der Waals surface area (Å²) in [5.74, 6) is -0.993. The molecule has 0 aromatic carbocycles. The number of hydrogen-bond donors (Lipinski definition) is 2. The van der Waals surface area contributed by atoms with Crippen molar-refractivity contribution in [2.45, 2.75) is 12.8 Å². The predicted octanol–water partition coefficient (Wildman–Crippen LogP) is -1.27. The van der Waals surface area contributed by atoms with Crippen molar-refractivity contribution in [3.05, 3.63) is 0 Å². The Kier molecular flexibility index (Phi) is 6.99.